The van der Waals surface area contributed by atoms with E-state index in [1.54, 1.807) is 23.7 Å². The van der Waals surface area contributed by atoms with Crippen LogP contribution in [0.3, 0.4) is 0 Å². The molecule has 4 rings (SSSR count). The van der Waals surface area contributed by atoms with E-state index in [1.807, 2.05) is 36.4 Å². The highest BCUT2D eigenvalue weighted by atomic mass is 32.1. The minimum Gasteiger partial charge on any atom is -0.279 e. The quantitative estimate of drug-likeness (QED) is 0.482. The van der Waals surface area contributed by atoms with Crippen LogP contribution in [0.4, 0.5) is 17.3 Å². The molecule has 0 saturated carbocycles. The van der Waals surface area contributed by atoms with Crippen LogP contribution in [0, 0.1) is 0 Å². The van der Waals surface area contributed by atoms with Gasteiger partial charge in [-0.05, 0) is 53.4 Å². The third-order valence-electron chi connectivity index (χ3n) is 3.69. The fourth-order valence-electron chi connectivity index (χ4n) is 2.57. The first-order valence-electron chi connectivity index (χ1n) is 7.68. The SMILES string of the molecule is c1ccc(N(c2ccc(-c3cccs3)cc2)c2ccccn2)nc1. The second-order valence-corrected chi connectivity index (χ2v) is 6.18. The van der Waals surface area contributed by atoms with Crippen molar-refractivity contribution in [3.05, 3.63) is 90.6 Å². The highest BCUT2D eigenvalue weighted by Gasteiger charge is 2.14. The van der Waals surface area contributed by atoms with Gasteiger partial charge < -0.3 is 0 Å². The van der Waals surface area contributed by atoms with E-state index in [1.165, 1.54) is 10.4 Å². The molecule has 0 unspecified atom stereocenters. The lowest BCUT2D eigenvalue weighted by Crippen LogP contribution is -2.12. The molecule has 1 aromatic carbocycles. The van der Waals surface area contributed by atoms with Gasteiger partial charge in [0.05, 0.1) is 0 Å². The number of rotatable bonds is 4. The van der Waals surface area contributed by atoms with Gasteiger partial charge in [-0.15, -0.1) is 11.3 Å². The summed E-state index contributed by atoms with van der Waals surface area (Å²) < 4.78 is 0. The number of hydrogen-bond acceptors (Lipinski definition) is 4. The normalized spacial score (nSPS) is 10.5. The summed E-state index contributed by atoms with van der Waals surface area (Å²) >= 11 is 1.74. The van der Waals surface area contributed by atoms with Crippen LogP contribution < -0.4 is 4.90 Å². The summed E-state index contributed by atoms with van der Waals surface area (Å²) in [6.07, 6.45) is 3.59. The Hall–Kier alpha value is -2.98. The number of thiophene rings is 1. The highest BCUT2D eigenvalue weighted by Crippen LogP contribution is 2.33. The van der Waals surface area contributed by atoms with E-state index in [-0.39, 0.29) is 0 Å². The minimum atomic E-state index is 0.847. The zero-order valence-corrected chi connectivity index (χ0v) is 13.7. The number of aromatic nitrogens is 2. The highest BCUT2D eigenvalue weighted by molar-refractivity contribution is 7.13. The van der Waals surface area contributed by atoms with Crippen LogP contribution in [0.25, 0.3) is 10.4 Å². The molecule has 24 heavy (non-hydrogen) atoms. The molecule has 3 aromatic heterocycles. The van der Waals surface area contributed by atoms with Crippen molar-refractivity contribution in [2.45, 2.75) is 0 Å². The third kappa shape index (κ3) is 2.92. The van der Waals surface area contributed by atoms with Gasteiger partial charge in [0.15, 0.2) is 0 Å². The topological polar surface area (TPSA) is 29.0 Å². The Kier molecular flexibility index (Phi) is 4.04. The standard InChI is InChI=1S/C20H15N3S/c1-3-13-21-19(7-1)23(20-8-2-4-14-22-20)17-11-9-16(10-12-17)18-6-5-15-24-18/h1-15H. The lowest BCUT2D eigenvalue weighted by atomic mass is 10.1. The molecule has 0 aliphatic rings. The number of hydrogen-bond donors (Lipinski definition) is 0. The Balaban J connectivity index is 1.77. The van der Waals surface area contributed by atoms with Crippen LogP contribution in [-0.4, -0.2) is 9.97 Å². The Bertz CT molecular complexity index is 849. The molecule has 0 aliphatic carbocycles. The maximum atomic E-state index is 4.49. The van der Waals surface area contributed by atoms with Gasteiger partial charge in [0.1, 0.15) is 11.6 Å². The summed E-state index contributed by atoms with van der Waals surface area (Å²) in [4.78, 5) is 12.3. The van der Waals surface area contributed by atoms with Crippen molar-refractivity contribution in [2.24, 2.45) is 0 Å². The van der Waals surface area contributed by atoms with Crippen LogP contribution in [-0.2, 0) is 0 Å². The molecular formula is C20H15N3S. The van der Waals surface area contributed by atoms with Crippen molar-refractivity contribution >= 4 is 28.7 Å². The molecule has 0 atom stereocenters. The van der Waals surface area contributed by atoms with Crippen LogP contribution in [0.2, 0.25) is 0 Å². The second kappa shape index (κ2) is 6.64. The van der Waals surface area contributed by atoms with Gasteiger partial charge in [-0.25, -0.2) is 9.97 Å². The first-order valence-corrected chi connectivity index (χ1v) is 8.56. The van der Waals surface area contributed by atoms with Crippen molar-refractivity contribution in [3.8, 4) is 10.4 Å². The smallest absolute Gasteiger partial charge is 0.138 e. The summed E-state index contributed by atoms with van der Waals surface area (Å²) in [5.41, 5.74) is 2.25. The van der Waals surface area contributed by atoms with E-state index in [2.05, 4.69) is 56.6 Å². The van der Waals surface area contributed by atoms with Gasteiger partial charge in [0.25, 0.3) is 0 Å². The molecule has 0 radical (unpaired) electrons. The van der Waals surface area contributed by atoms with Gasteiger partial charge in [0.2, 0.25) is 0 Å². The van der Waals surface area contributed by atoms with E-state index < -0.39 is 0 Å². The van der Waals surface area contributed by atoms with Crippen LogP contribution in [0.5, 0.6) is 0 Å². The summed E-state index contributed by atoms with van der Waals surface area (Å²) in [5.74, 6) is 1.69. The predicted molar refractivity (Wildman–Crippen MR) is 100 cm³/mol. The molecule has 3 nitrogen and oxygen atoms in total. The molecule has 4 aromatic rings. The van der Waals surface area contributed by atoms with Gasteiger partial charge in [-0.1, -0.05) is 30.3 Å². The molecule has 0 saturated heterocycles. The molecule has 0 spiro atoms. The maximum Gasteiger partial charge on any atom is 0.138 e. The fourth-order valence-corrected chi connectivity index (χ4v) is 3.30. The monoisotopic (exact) mass is 329 g/mol. The number of pyridine rings is 2. The van der Waals surface area contributed by atoms with Gasteiger partial charge in [-0.3, -0.25) is 4.90 Å². The molecular weight excluding hydrogens is 314 g/mol. The number of nitrogens with zero attached hydrogens (tertiary/aromatic N) is 3. The zero-order valence-electron chi connectivity index (χ0n) is 12.9. The Morgan fingerprint density at radius 1 is 0.667 bits per heavy atom. The van der Waals surface area contributed by atoms with Crippen molar-refractivity contribution in [1.82, 2.24) is 9.97 Å². The Morgan fingerprint density at radius 3 is 1.83 bits per heavy atom. The Labute approximate surface area is 144 Å². The zero-order chi connectivity index (χ0) is 16.2. The number of benzene rings is 1. The van der Waals surface area contributed by atoms with E-state index in [0.717, 1.165) is 17.3 Å². The molecule has 0 aliphatic heterocycles. The van der Waals surface area contributed by atoms with Gasteiger partial charge in [0, 0.05) is 23.0 Å². The molecule has 3 heterocycles. The third-order valence-corrected chi connectivity index (χ3v) is 4.61. The van der Waals surface area contributed by atoms with Gasteiger partial charge in [-0.2, -0.15) is 0 Å². The fraction of sp³-hybridized carbons (Fsp3) is 0. The first-order chi connectivity index (χ1) is 11.9. The van der Waals surface area contributed by atoms with Crippen LogP contribution >= 0.6 is 11.3 Å². The summed E-state index contributed by atoms with van der Waals surface area (Å²) in [6.45, 7) is 0. The van der Waals surface area contributed by atoms with Crippen molar-refractivity contribution in [2.75, 3.05) is 4.90 Å². The Morgan fingerprint density at radius 2 is 1.33 bits per heavy atom. The van der Waals surface area contributed by atoms with E-state index in [9.17, 15) is 0 Å². The maximum absolute atomic E-state index is 4.49. The molecule has 4 heteroatoms. The summed E-state index contributed by atoms with van der Waals surface area (Å²) in [5, 5.41) is 2.09. The van der Waals surface area contributed by atoms with Gasteiger partial charge >= 0.3 is 0 Å². The predicted octanol–water partition coefficient (Wildman–Crippen LogP) is 5.67. The van der Waals surface area contributed by atoms with E-state index in [0.29, 0.717) is 0 Å². The van der Waals surface area contributed by atoms with Crippen LogP contribution in [0.15, 0.2) is 90.6 Å². The average molecular weight is 329 g/mol. The van der Waals surface area contributed by atoms with E-state index in [4.69, 9.17) is 0 Å². The van der Waals surface area contributed by atoms with Crippen molar-refractivity contribution in [1.29, 1.82) is 0 Å². The lowest BCUT2D eigenvalue weighted by molar-refractivity contribution is 1.13. The minimum absolute atomic E-state index is 0.847. The summed E-state index contributed by atoms with van der Waals surface area (Å²) in [6, 6.07) is 24.5. The largest absolute Gasteiger partial charge is 0.279 e. The number of anilines is 3. The second-order valence-electron chi connectivity index (χ2n) is 5.24. The van der Waals surface area contributed by atoms with E-state index >= 15 is 0 Å². The molecule has 0 fully saturated rings. The molecule has 0 N–H and O–H groups in total. The molecule has 116 valence electrons. The van der Waals surface area contributed by atoms with Crippen LogP contribution in [0.1, 0.15) is 0 Å². The summed E-state index contributed by atoms with van der Waals surface area (Å²) in [7, 11) is 0. The molecule has 0 amide bonds. The first kappa shape index (κ1) is 14.6. The van der Waals surface area contributed by atoms with Crippen molar-refractivity contribution < 1.29 is 0 Å². The average Bonchev–Trinajstić information content (AvgIpc) is 3.19. The van der Waals surface area contributed by atoms with Crippen molar-refractivity contribution in [3.63, 3.8) is 0 Å². The molecule has 0 bridgehead atoms. The lowest BCUT2D eigenvalue weighted by Gasteiger charge is -2.23.